The lowest BCUT2D eigenvalue weighted by Gasteiger charge is -2.26. The second kappa shape index (κ2) is 7.34. The summed E-state index contributed by atoms with van der Waals surface area (Å²) >= 11 is 0. The van der Waals surface area contributed by atoms with Gasteiger partial charge >= 0.3 is 0 Å². The van der Waals surface area contributed by atoms with Crippen molar-refractivity contribution in [2.24, 2.45) is 0 Å². The van der Waals surface area contributed by atoms with Crippen LogP contribution in [0, 0.1) is 6.42 Å². The summed E-state index contributed by atoms with van der Waals surface area (Å²) in [5.41, 5.74) is 0. The Labute approximate surface area is 82.7 Å². The van der Waals surface area contributed by atoms with Crippen molar-refractivity contribution < 1.29 is 0 Å². The van der Waals surface area contributed by atoms with Crippen molar-refractivity contribution in [1.82, 2.24) is 10.2 Å². The van der Waals surface area contributed by atoms with Gasteiger partial charge in [0.2, 0.25) is 0 Å². The first kappa shape index (κ1) is 11.0. The minimum absolute atomic E-state index is 1.07. The zero-order chi connectivity index (χ0) is 9.36. The molecular weight excluding hydrogens is 160 g/mol. The molecule has 13 heavy (non-hydrogen) atoms. The predicted molar refractivity (Wildman–Crippen MR) is 57.8 cm³/mol. The number of nitrogens with one attached hydrogen (secondary N) is 1. The summed E-state index contributed by atoms with van der Waals surface area (Å²) in [6.07, 6.45) is 7.86. The molecule has 0 aromatic carbocycles. The van der Waals surface area contributed by atoms with Crippen molar-refractivity contribution in [2.45, 2.75) is 32.6 Å². The third kappa shape index (κ3) is 5.27. The minimum atomic E-state index is 1.07. The quantitative estimate of drug-likeness (QED) is 0.630. The van der Waals surface area contributed by atoms with Gasteiger partial charge in [-0.2, -0.15) is 0 Å². The van der Waals surface area contributed by atoms with Gasteiger partial charge in [0.15, 0.2) is 0 Å². The van der Waals surface area contributed by atoms with Gasteiger partial charge in [-0.25, -0.2) is 0 Å². The lowest BCUT2D eigenvalue weighted by molar-refractivity contribution is 0.230. The number of hydrogen-bond donors (Lipinski definition) is 1. The van der Waals surface area contributed by atoms with Crippen molar-refractivity contribution in [3.63, 3.8) is 0 Å². The van der Waals surface area contributed by atoms with Gasteiger partial charge in [0, 0.05) is 0 Å². The van der Waals surface area contributed by atoms with E-state index in [4.69, 9.17) is 0 Å². The van der Waals surface area contributed by atoms with E-state index in [-0.39, 0.29) is 0 Å². The lowest BCUT2D eigenvalue weighted by atomic mass is 10.1. The van der Waals surface area contributed by atoms with E-state index in [1.807, 2.05) is 0 Å². The summed E-state index contributed by atoms with van der Waals surface area (Å²) in [6.45, 7) is 8.23. The number of likely N-dealkylation sites (tertiary alicyclic amines) is 1. The van der Waals surface area contributed by atoms with E-state index in [0.717, 1.165) is 13.1 Å². The van der Waals surface area contributed by atoms with Crippen molar-refractivity contribution in [3.05, 3.63) is 6.42 Å². The van der Waals surface area contributed by atoms with E-state index in [2.05, 4.69) is 23.6 Å². The van der Waals surface area contributed by atoms with Gasteiger partial charge in [0.1, 0.15) is 0 Å². The summed E-state index contributed by atoms with van der Waals surface area (Å²) in [4.78, 5) is 2.59. The van der Waals surface area contributed by atoms with Crippen LogP contribution in [0.3, 0.4) is 0 Å². The molecule has 1 aliphatic rings. The van der Waals surface area contributed by atoms with Crippen LogP contribution in [0.5, 0.6) is 0 Å². The first-order valence-corrected chi connectivity index (χ1v) is 5.68. The zero-order valence-corrected chi connectivity index (χ0v) is 8.89. The Morgan fingerprint density at radius 1 is 1.23 bits per heavy atom. The maximum Gasteiger partial charge on any atom is -0.00155 e. The van der Waals surface area contributed by atoms with E-state index in [1.165, 1.54) is 45.3 Å². The van der Waals surface area contributed by atoms with Crippen molar-refractivity contribution in [1.29, 1.82) is 0 Å². The fourth-order valence-electron chi connectivity index (χ4n) is 1.81. The van der Waals surface area contributed by atoms with Gasteiger partial charge in [-0.1, -0.05) is 13.3 Å². The second-order valence-corrected chi connectivity index (χ2v) is 3.79. The molecule has 0 unspecified atom stereocenters. The van der Waals surface area contributed by atoms with Crippen LogP contribution in [0.4, 0.5) is 0 Å². The summed E-state index contributed by atoms with van der Waals surface area (Å²) in [6, 6.07) is 0. The molecule has 77 valence electrons. The van der Waals surface area contributed by atoms with Crippen LogP contribution >= 0.6 is 0 Å². The summed E-state index contributed by atoms with van der Waals surface area (Å²) < 4.78 is 0. The van der Waals surface area contributed by atoms with Crippen LogP contribution in [0.2, 0.25) is 0 Å². The molecule has 1 radical (unpaired) electrons. The standard InChI is InChI=1S/C11H23N2/c1-2-12-8-4-7-11-13-9-5-3-6-10-13/h4,12H,2-3,5-11H2,1H3. The SMILES string of the molecule is CCNC[CH]CCN1CCCCC1. The number of piperidine rings is 1. The number of nitrogens with zero attached hydrogens (tertiary/aromatic N) is 1. The highest BCUT2D eigenvalue weighted by Crippen LogP contribution is 2.08. The first-order chi connectivity index (χ1) is 6.43. The molecule has 1 aliphatic heterocycles. The molecule has 0 spiro atoms. The number of rotatable bonds is 6. The van der Waals surface area contributed by atoms with Crippen LogP contribution in [-0.4, -0.2) is 37.6 Å². The minimum Gasteiger partial charge on any atom is -0.317 e. The van der Waals surface area contributed by atoms with Gasteiger partial charge < -0.3 is 10.2 Å². The Morgan fingerprint density at radius 2 is 2.00 bits per heavy atom. The molecule has 1 fully saturated rings. The third-order valence-electron chi connectivity index (χ3n) is 2.64. The molecule has 1 heterocycles. The van der Waals surface area contributed by atoms with Crippen LogP contribution < -0.4 is 5.32 Å². The molecule has 0 saturated carbocycles. The molecule has 1 rings (SSSR count). The highest BCUT2D eigenvalue weighted by molar-refractivity contribution is 4.72. The van der Waals surface area contributed by atoms with Crippen molar-refractivity contribution in [3.8, 4) is 0 Å². The van der Waals surface area contributed by atoms with Crippen molar-refractivity contribution >= 4 is 0 Å². The average Bonchev–Trinajstić information content (AvgIpc) is 2.19. The maximum absolute atomic E-state index is 3.31. The smallest absolute Gasteiger partial charge is 0.00155 e. The van der Waals surface area contributed by atoms with Crippen LogP contribution in [0.15, 0.2) is 0 Å². The Hall–Kier alpha value is -0.0800. The van der Waals surface area contributed by atoms with E-state index in [1.54, 1.807) is 0 Å². The van der Waals surface area contributed by atoms with Crippen LogP contribution in [0.1, 0.15) is 32.6 Å². The predicted octanol–water partition coefficient (Wildman–Crippen LogP) is 1.68. The van der Waals surface area contributed by atoms with Crippen molar-refractivity contribution in [2.75, 3.05) is 32.7 Å². The van der Waals surface area contributed by atoms with Gasteiger partial charge in [-0.3, -0.25) is 0 Å². The van der Waals surface area contributed by atoms with Gasteiger partial charge in [-0.15, -0.1) is 0 Å². The van der Waals surface area contributed by atoms with Crippen LogP contribution in [0.25, 0.3) is 0 Å². The fourth-order valence-corrected chi connectivity index (χ4v) is 1.81. The van der Waals surface area contributed by atoms with E-state index in [0.29, 0.717) is 0 Å². The van der Waals surface area contributed by atoms with E-state index in [9.17, 15) is 0 Å². The van der Waals surface area contributed by atoms with E-state index < -0.39 is 0 Å². The molecule has 0 amide bonds. The summed E-state index contributed by atoms with van der Waals surface area (Å²) in [5.74, 6) is 0. The zero-order valence-electron chi connectivity index (χ0n) is 8.89. The highest BCUT2D eigenvalue weighted by atomic mass is 15.1. The molecule has 1 N–H and O–H groups in total. The Balaban J connectivity index is 1.86. The fraction of sp³-hybridized carbons (Fsp3) is 0.909. The number of hydrogen-bond acceptors (Lipinski definition) is 2. The molecule has 0 bridgehead atoms. The summed E-state index contributed by atoms with van der Waals surface area (Å²) in [7, 11) is 0. The molecule has 0 aromatic rings. The highest BCUT2D eigenvalue weighted by Gasteiger charge is 2.08. The van der Waals surface area contributed by atoms with Gasteiger partial charge in [0.25, 0.3) is 0 Å². The molecule has 0 aliphatic carbocycles. The van der Waals surface area contributed by atoms with E-state index >= 15 is 0 Å². The maximum atomic E-state index is 3.31. The Morgan fingerprint density at radius 3 is 2.69 bits per heavy atom. The molecule has 1 saturated heterocycles. The third-order valence-corrected chi connectivity index (χ3v) is 2.64. The molecule has 0 aromatic heterocycles. The molecule has 2 nitrogen and oxygen atoms in total. The Bertz CT molecular complexity index is 109. The summed E-state index contributed by atoms with van der Waals surface area (Å²) in [5, 5.41) is 3.31. The normalized spacial score (nSPS) is 19.2. The monoisotopic (exact) mass is 183 g/mol. The topological polar surface area (TPSA) is 15.3 Å². The largest absolute Gasteiger partial charge is 0.317 e. The Kier molecular flexibility index (Phi) is 6.21. The van der Waals surface area contributed by atoms with Crippen LogP contribution in [-0.2, 0) is 0 Å². The lowest BCUT2D eigenvalue weighted by Crippen LogP contribution is -2.31. The molecule has 2 heteroatoms. The van der Waals surface area contributed by atoms with Gasteiger partial charge in [-0.05, 0) is 58.4 Å². The molecule has 0 atom stereocenters. The average molecular weight is 183 g/mol. The molecular formula is C11H23N2. The second-order valence-electron chi connectivity index (χ2n) is 3.79. The first-order valence-electron chi connectivity index (χ1n) is 5.68. The van der Waals surface area contributed by atoms with Gasteiger partial charge in [0.05, 0.1) is 0 Å². The number of unbranched alkanes of at least 4 members (excludes halogenated alkanes) is 1.